The van der Waals surface area contributed by atoms with Gasteiger partial charge in [0, 0.05) is 10.2 Å². The normalized spacial score (nSPS) is 11.9. The molecule has 2 aromatic carbocycles. The first kappa shape index (κ1) is 14.6. The number of rotatable bonds is 3. The van der Waals surface area contributed by atoms with Gasteiger partial charge in [0.1, 0.15) is 0 Å². The van der Waals surface area contributed by atoms with E-state index in [1.807, 2.05) is 56.3 Å². The third kappa shape index (κ3) is 3.39. The first-order valence-corrected chi connectivity index (χ1v) is 7.19. The zero-order chi connectivity index (χ0) is 14.7. The van der Waals surface area contributed by atoms with Crippen molar-refractivity contribution in [1.29, 1.82) is 0 Å². The average molecular weight is 333 g/mol. The number of nitrogens with two attached hydrogens (primary N) is 1. The van der Waals surface area contributed by atoms with Crippen LogP contribution in [0.4, 0.5) is 5.69 Å². The number of aryl methyl sites for hydroxylation is 1. The number of carbonyl (C=O) groups excluding carboxylic acids is 1. The Labute approximate surface area is 127 Å². The molecule has 1 unspecified atom stereocenters. The Morgan fingerprint density at radius 3 is 2.50 bits per heavy atom. The molecule has 0 radical (unpaired) electrons. The standard InChI is InChI=1S/C16H17BrN2O/c1-10-3-8-15(17)14(9-10)16(20)19-11(2)12-4-6-13(18)7-5-12/h3-9,11H,18H2,1-2H3,(H,19,20). The van der Waals surface area contributed by atoms with E-state index in [0.717, 1.165) is 15.6 Å². The van der Waals surface area contributed by atoms with E-state index in [0.29, 0.717) is 11.3 Å². The fourth-order valence-electron chi connectivity index (χ4n) is 1.96. The highest BCUT2D eigenvalue weighted by Gasteiger charge is 2.14. The minimum Gasteiger partial charge on any atom is -0.399 e. The summed E-state index contributed by atoms with van der Waals surface area (Å²) in [6.45, 7) is 3.92. The molecule has 2 rings (SSSR count). The summed E-state index contributed by atoms with van der Waals surface area (Å²) in [4.78, 5) is 12.3. The first-order valence-electron chi connectivity index (χ1n) is 6.40. The molecule has 0 aliphatic carbocycles. The molecule has 0 saturated carbocycles. The van der Waals surface area contributed by atoms with Crippen molar-refractivity contribution in [2.75, 3.05) is 5.73 Å². The maximum Gasteiger partial charge on any atom is 0.252 e. The number of carbonyl (C=O) groups is 1. The Morgan fingerprint density at radius 1 is 1.20 bits per heavy atom. The van der Waals surface area contributed by atoms with E-state index in [1.54, 1.807) is 0 Å². The average Bonchev–Trinajstić information content (AvgIpc) is 2.42. The van der Waals surface area contributed by atoms with Gasteiger partial charge in [-0.25, -0.2) is 0 Å². The predicted molar refractivity (Wildman–Crippen MR) is 85.6 cm³/mol. The monoisotopic (exact) mass is 332 g/mol. The molecule has 0 aliphatic rings. The molecule has 3 nitrogen and oxygen atoms in total. The smallest absolute Gasteiger partial charge is 0.252 e. The molecule has 0 spiro atoms. The second-order valence-electron chi connectivity index (χ2n) is 4.85. The molecule has 3 N–H and O–H groups in total. The summed E-state index contributed by atoms with van der Waals surface area (Å²) in [5, 5.41) is 2.99. The van der Waals surface area contributed by atoms with Crippen molar-refractivity contribution in [2.45, 2.75) is 19.9 Å². The second-order valence-corrected chi connectivity index (χ2v) is 5.70. The lowest BCUT2D eigenvalue weighted by atomic mass is 10.1. The molecule has 104 valence electrons. The second kappa shape index (κ2) is 6.09. The van der Waals surface area contributed by atoms with Gasteiger partial charge in [-0.05, 0) is 59.6 Å². The molecule has 20 heavy (non-hydrogen) atoms. The van der Waals surface area contributed by atoms with Crippen LogP contribution in [0.25, 0.3) is 0 Å². The van der Waals surface area contributed by atoms with Crippen LogP contribution in [-0.2, 0) is 0 Å². The first-order chi connectivity index (χ1) is 9.47. The van der Waals surface area contributed by atoms with Gasteiger partial charge in [0.15, 0.2) is 0 Å². The quantitative estimate of drug-likeness (QED) is 0.839. The van der Waals surface area contributed by atoms with Gasteiger partial charge in [-0.3, -0.25) is 4.79 Å². The van der Waals surface area contributed by atoms with Crippen LogP contribution in [-0.4, -0.2) is 5.91 Å². The number of hydrogen-bond donors (Lipinski definition) is 2. The zero-order valence-electron chi connectivity index (χ0n) is 11.5. The van der Waals surface area contributed by atoms with Crippen LogP contribution >= 0.6 is 15.9 Å². The molecular formula is C16H17BrN2O. The largest absolute Gasteiger partial charge is 0.399 e. The number of benzene rings is 2. The van der Waals surface area contributed by atoms with E-state index in [-0.39, 0.29) is 11.9 Å². The summed E-state index contributed by atoms with van der Waals surface area (Å²) in [7, 11) is 0. The van der Waals surface area contributed by atoms with E-state index in [4.69, 9.17) is 5.73 Å². The van der Waals surface area contributed by atoms with Crippen molar-refractivity contribution in [1.82, 2.24) is 5.32 Å². The lowest BCUT2D eigenvalue weighted by molar-refractivity contribution is 0.0939. The molecule has 4 heteroatoms. The van der Waals surface area contributed by atoms with Crippen LogP contribution in [0.1, 0.15) is 34.5 Å². The van der Waals surface area contributed by atoms with Crippen molar-refractivity contribution in [3.63, 3.8) is 0 Å². The zero-order valence-corrected chi connectivity index (χ0v) is 13.1. The van der Waals surface area contributed by atoms with Gasteiger partial charge >= 0.3 is 0 Å². The fourth-order valence-corrected chi connectivity index (χ4v) is 2.38. The Morgan fingerprint density at radius 2 is 1.85 bits per heavy atom. The molecule has 0 aliphatic heterocycles. The number of anilines is 1. The molecule has 1 amide bonds. The summed E-state index contributed by atoms with van der Waals surface area (Å²) in [5.41, 5.74) is 9.10. The van der Waals surface area contributed by atoms with Crippen LogP contribution in [0, 0.1) is 6.92 Å². The van der Waals surface area contributed by atoms with Crippen LogP contribution < -0.4 is 11.1 Å². The maximum atomic E-state index is 12.3. The van der Waals surface area contributed by atoms with Gasteiger partial charge < -0.3 is 11.1 Å². The minimum atomic E-state index is -0.0927. The third-order valence-corrected chi connectivity index (χ3v) is 3.84. The third-order valence-electron chi connectivity index (χ3n) is 3.15. The summed E-state index contributed by atoms with van der Waals surface area (Å²) in [5.74, 6) is -0.0927. The van der Waals surface area contributed by atoms with Gasteiger partial charge in [-0.15, -0.1) is 0 Å². The van der Waals surface area contributed by atoms with Crippen molar-refractivity contribution >= 4 is 27.5 Å². The summed E-state index contributed by atoms with van der Waals surface area (Å²) in [6, 6.07) is 13.2. The van der Waals surface area contributed by atoms with Crippen LogP contribution in [0.3, 0.4) is 0 Å². The Bertz CT molecular complexity index is 623. The summed E-state index contributed by atoms with van der Waals surface area (Å²) in [6.07, 6.45) is 0. The number of hydrogen-bond acceptors (Lipinski definition) is 2. The van der Waals surface area contributed by atoms with Crippen molar-refractivity contribution in [3.8, 4) is 0 Å². The van der Waals surface area contributed by atoms with E-state index in [2.05, 4.69) is 21.2 Å². The van der Waals surface area contributed by atoms with Gasteiger partial charge in [0.05, 0.1) is 11.6 Å². The van der Waals surface area contributed by atoms with Gasteiger partial charge in [-0.1, -0.05) is 23.8 Å². The van der Waals surface area contributed by atoms with Gasteiger partial charge in [0.25, 0.3) is 5.91 Å². The highest BCUT2D eigenvalue weighted by atomic mass is 79.9. The molecule has 2 aromatic rings. The molecule has 0 bridgehead atoms. The molecule has 0 saturated heterocycles. The topological polar surface area (TPSA) is 55.1 Å². The molecule has 0 aromatic heterocycles. The van der Waals surface area contributed by atoms with E-state index < -0.39 is 0 Å². The Hall–Kier alpha value is -1.81. The van der Waals surface area contributed by atoms with E-state index >= 15 is 0 Å². The predicted octanol–water partition coefficient (Wildman–Crippen LogP) is 3.83. The molecule has 0 fully saturated rings. The lowest BCUT2D eigenvalue weighted by Crippen LogP contribution is -2.27. The van der Waals surface area contributed by atoms with Gasteiger partial charge in [0.2, 0.25) is 0 Å². The number of nitrogen functional groups attached to an aromatic ring is 1. The minimum absolute atomic E-state index is 0.0736. The Balaban J connectivity index is 2.15. The maximum absolute atomic E-state index is 12.3. The number of halogens is 1. The number of amides is 1. The number of nitrogens with one attached hydrogen (secondary N) is 1. The van der Waals surface area contributed by atoms with Crippen molar-refractivity contribution in [2.24, 2.45) is 0 Å². The van der Waals surface area contributed by atoms with E-state index in [9.17, 15) is 4.79 Å². The highest BCUT2D eigenvalue weighted by molar-refractivity contribution is 9.10. The molecule has 1 atom stereocenters. The summed E-state index contributed by atoms with van der Waals surface area (Å²) < 4.78 is 0.796. The van der Waals surface area contributed by atoms with E-state index in [1.165, 1.54) is 0 Å². The van der Waals surface area contributed by atoms with Crippen molar-refractivity contribution < 1.29 is 4.79 Å². The highest BCUT2D eigenvalue weighted by Crippen LogP contribution is 2.20. The van der Waals surface area contributed by atoms with Crippen molar-refractivity contribution in [3.05, 3.63) is 63.6 Å². The van der Waals surface area contributed by atoms with Crippen LogP contribution in [0.15, 0.2) is 46.9 Å². The van der Waals surface area contributed by atoms with Crippen LogP contribution in [0.2, 0.25) is 0 Å². The Kier molecular flexibility index (Phi) is 4.45. The summed E-state index contributed by atoms with van der Waals surface area (Å²) >= 11 is 3.41. The lowest BCUT2D eigenvalue weighted by Gasteiger charge is -2.15. The fraction of sp³-hybridized carbons (Fsp3) is 0.188. The van der Waals surface area contributed by atoms with Gasteiger partial charge in [-0.2, -0.15) is 0 Å². The molecule has 0 heterocycles. The SMILES string of the molecule is Cc1ccc(Br)c(C(=O)NC(C)c2ccc(N)cc2)c1. The molecular weight excluding hydrogens is 316 g/mol. The van der Waals surface area contributed by atoms with Crippen LogP contribution in [0.5, 0.6) is 0 Å².